The summed E-state index contributed by atoms with van der Waals surface area (Å²) >= 11 is 0. The smallest absolute Gasteiger partial charge is 0.271 e. The highest BCUT2D eigenvalue weighted by Crippen LogP contribution is 2.26. The Morgan fingerprint density at radius 1 is 1.30 bits per heavy atom. The lowest BCUT2D eigenvalue weighted by Crippen LogP contribution is -2.47. The van der Waals surface area contributed by atoms with E-state index in [4.69, 9.17) is 5.84 Å². The number of carbonyl (C=O) groups excluding carboxylic acids is 1. The lowest BCUT2D eigenvalue weighted by atomic mass is 9.97. The Morgan fingerprint density at radius 2 is 2.20 bits per heavy atom. The first kappa shape index (κ1) is 13.3. The van der Waals surface area contributed by atoms with Crippen molar-refractivity contribution in [2.24, 2.45) is 5.84 Å². The van der Waals surface area contributed by atoms with Gasteiger partial charge >= 0.3 is 0 Å². The average Bonchev–Trinajstić information content (AvgIpc) is 2.95. The molecule has 7 nitrogen and oxygen atoms in total. The van der Waals surface area contributed by atoms with Crippen LogP contribution in [0.15, 0.2) is 12.4 Å². The number of carbonyl (C=O) groups is 1. The molecule has 2 atom stereocenters. The van der Waals surface area contributed by atoms with E-state index in [0.717, 1.165) is 19.4 Å². The Hall–Kier alpha value is -1.73. The number of amides is 1. The van der Waals surface area contributed by atoms with Crippen molar-refractivity contribution in [2.75, 3.05) is 18.5 Å². The van der Waals surface area contributed by atoms with Gasteiger partial charge in [0, 0.05) is 18.6 Å². The molecule has 0 spiro atoms. The van der Waals surface area contributed by atoms with Gasteiger partial charge < -0.3 is 15.6 Å². The Bertz CT molecular complexity index is 476. The molecule has 20 heavy (non-hydrogen) atoms. The zero-order chi connectivity index (χ0) is 13.9. The van der Waals surface area contributed by atoms with Crippen molar-refractivity contribution >= 4 is 11.7 Å². The maximum absolute atomic E-state index is 12.1. The number of nitrogens with one attached hydrogen (secondary N) is 2. The molecule has 2 saturated heterocycles. The van der Waals surface area contributed by atoms with Crippen LogP contribution in [0.2, 0.25) is 0 Å². The van der Waals surface area contributed by atoms with Gasteiger partial charge in [-0.2, -0.15) is 0 Å². The summed E-state index contributed by atoms with van der Waals surface area (Å²) in [6.07, 6.45) is 7.48. The number of nitrogens with two attached hydrogens (primary N) is 1. The van der Waals surface area contributed by atoms with Gasteiger partial charge in [-0.1, -0.05) is 0 Å². The minimum atomic E-state index is -0.155. The van der Waals surface area contributed by atoms with E-state index < -0.39 is 0 Å². The molecule has 2 fully saturated rings. The maximum Gasteiger partial charge on any atom is 0.271 e. The number of anilines is 1. The summed E-state index contributed by atoms with van der Waals surface area (Å²) in [5, 5.41) is 3.07. The normalized spacial score (nSPS) is 26.1. The fourth-order valence-electron chi connectivity index (χ4n) is 3.13. The summed E-state index contributed by atoms with van der Waals surface area (Å²) in [6.45, 7) is 2.29. The van der Waals surface area contributed by atoms with Crippen LogP contribution in [0.4, 0.5) is 5.82 Å². The van der Waals surface area contributed by atoms with Gasteiger partial charge in [-0.05, 0) is 32.2 Å². The predicted octanol–water partition coefficient (Wildman–Crippen LogP) is 0.119. The van der Waals surface area contributed by atoms with Crippen LogP contribution in [0.1, 0.15) is 36.2 Å². The third kappa shape index (κ3) is 2.73. The van der Waals surface area contributed by atoms with E-state index in [9.17, 15) is 4.79 Å². The van der Waals surface area contributed by atoms with Gasteiger partial charge in [0.25, 0.3) is 5.91 Å². The second kappa shape index (κ2) is 5.72. The number of rotatable bonds is 3. The van der Waals surface area contributed by atoms with Crippen LogP contribution in [0.25, 0.3) is 0 Å². The Kier molecular flexibility index (Phi) is 3.79. The largest absolute Gasteiger partial charge is 0.348 e. The number of hydrazine groups is 1. The van der Waals surface area contributed by atoms with Gasteiger partial charge in [0.2, 0.25) is 0 Å². The molecular weight excluding hydrogens is 256 g/mol. The molecule has 1 aromatic heterocycles. The van der Waals surface area contributed by atoms with E-state index in [0.29, 0.717) is 17.6 Å². The summed E-state index contributed by atoms with van der Waals surface area (Å²) in [7, 11) is 0. The van der Waals surface area contributed by atoms with Crippen LogP contribution in [0.3, 0.4) is 0 Å². The molecule has 3 heterocycles. The maximum atomic E-state index is 12.1. The van der Waals surface area contributed by atoms with Crippen LogP contribution >= 0.6 is 0 Å². The molecule has 1 aromatic rings. The van der Waals surface area contributed by atoms with E-state index >= 15 is 0 Å². The van der Waals surface area contributed by atoms with Crippen LogP contribution < -0.4 is 16.6 Å². The Labute approximate surface area is 117 Å². The Morgan fingerprint density at radius 3 is 2.95 bits per heavy atom. The molecule has 2 unspecified atom stereocenters. The van der Waals surface area contributed by atoms with Crippen molar-refractivity contribution in [2.45, 2.75) is 37.8 Å². The minimum Gasteiger partial charge on any atom is -0.348 e. The van der Waals surface area contributed by atoms with Crippen LogP contribution in [-0.2, 0) is 0 Å². The zero-order valence-electron chi connectivity index (χ0n) is 11.4. The van der Waals surface area contributed by atoms with Crippen molar-refractivity contribution in [1.82, 2.24) is 20.2 Å². The van der Waals surface area contributed by atoms with Crippen LogP contribution in [-0.4, -0.2) is 45.9 Å². The molecule has 0 saturated carbocycles. The van der Waals surface area contributed by atoms with Crippen LogP contribution in [0.5, 0.6) is 0 Å². The zero-order valence-corrected chi connectivity index (χ0v) is 11.4. The third-order valence-electron chi connectivity index (χ3n) is 4.19. The fourth-order valence-corrected chi connectivity index (χ4v) is 3.13. The number of nitrogen functional groups attached to an aromatic ring is 1. The monoisotopic (exact) mass is 276 g/mol. The van der Waals surface area contributed by atoms with E-state index in [-0.39, 0.29) is 11.9 Å². The first-order valence-electron chi connectivity index (χ1n) is 7.10. The summed E-state index contributed by atoms with van der Waals surface area (Å²) in [5.41, 5.74) is 2.72. The number of hydrogen-bond acceptors (Lipinski definition) is 6. The van der Waals surface area contributed by atoms with Gasteiger partial charge in [-0.3, -0.25) is 4.79 Å². The minimum absolute atomic E-state index is 0.155. The van der Waals surface area contributed by atoms with Crippen molar-refractivity contribution in [1.29, 1.82) is 0 Å². The van der Waals surface area contributed by atoms with E-state index in [1.54, 1.807) is 0 Å². The second-order valence-corrected chi connectivity index (χ2v) is 5.46. The molecule has 2 aliphatic heterocycles. The number of hydrogen-bond donors (Lipinski definition) is 3. The van der Waals surface area contributed by atoms with E-state index in [2.05, 4.69) is 25.6 Å². The van der Waals surface area contributed by atoms with Gasteiger partial charge in [-0.25, -0.2) is 15.8 Å². The fraction of sp³-hybridized carbons (Fsp3) is 0.615. The number of aromatic nitrogens is 2. The number of fused-ring (bicyclic) bond motifs is 1. The van der Waals surface area contributed by atoms with Crippen molar-refractivity contribution < 1.29 is 4.79 Å². The van der Waals surface area contributed by atoms with Gasteiger partial charge in [-0.15, -0.1) is 0 Å². The van der Waals surface area contributed by atoms with E-state index in [1.807, 2.05) is 0 Å². The van der Waals surface area contributed by atoms with Gasteiger partial charge in [0.1, 0.15) is 5.69 Å². The highest BCUT2D eigenvalue weighted by molar-refractivity contribution is 5.92. The molecule has 0 radical (unpaired) electrons. The van der Waals surface area contributed by atoms with Gasteiger partial charge in [0.05, 0.1) is 12.4 Å². The van der Waals surface area contributed by atoms with Crippen LogP contribution in [0, 0.1) is 0 Å². The average molecular weight is 276 g/mol. The quantitative estimate of drug-likeness (QED) is 0.536. The molecule has 1 amide bonds. The standard InChI is InChI=1S/C13H20N6O/c14-18-12-8-15-11(7-16-12)13(20)17-9-3-5-19-4-1-2-10(19)6-9/h7-10H,1-6,14H2,(H,16,18)(H,17,20). The lowest BCUT2D eigenvalue weighted by molar-refractivity contribution is 0.0891. The number of nitrogens with zero attached hydrogens (tertiary/aromatic N) is 3. The molecule has 3 rings (SSSR count). The molecule has 2 aliphatic rings. The first-order chi connectivity index (χ1) is 9.76. The molecule has 0 bridgehead atoms. The first-order valence-corrected chi connectivity index (χ1v) is 7.10. The predicted molar refractivity (Wildman–Crippen MR) is 74.9 cm³/mol. The van der Waals surface area contributed by atoms with Crippen molar-refractivity contribution in [3.8, 4) is 0 Å². The number of piperidine rings is 1. The summed E-state index contributed by atoms with van der Waals surface area (Å²) in [5.74, 6) is 5.51. The molecule has 7 heteroatoms. The summed E-state index contributed by atoms with van der Waals surface area (Å²) in [4.78, 5) is 22.7. The summed E-state index contributed by atoms with van der Waals surface area (Å²) < 4.78 is 0. The third-order valence-corrected chi connectivity index (χ3v) is 4.19. The van der Waals surface area contributed by atoms with Gasteiger partial charge in [0.15, 0.2) is 5.82 Å². The highest BCUT2D eigenvalue weighted by Gasteiger charge is 2.32. The topological polar surface area (TPSA) is 96.2 Å². The lowest BCUT2D eigenvalue weighted by Gasteiger charge is -2.35. The SMILES string of the molecule is NNc1cnc(C(=O)NC2CCN3CCCC3C2)cn1. The Balaban J connectivity index is 1.58. The molecule has 4 N–H and O–H groups in total. The van der Waals surface area contributed by atoms with E-state index in [1.165, 1.54) is 31.8 Å². The molecule has 0 aromatic carbocycles. The summed E-state index contributed by atoms with van der Waals surface area (Å²) in [6, 6.07) is 0.889. The molecule has 108 valence electrons. The van der Waals surface area contributed by atoms with Crippen molar-refractivity contribution in [3.63, 3.8) is 0 Å². The molecule has 0 aliphatic carbocycles. The second-order valence-electron chi connectivity index (χ2n) is 5.46. The van der Waals surface area contributed by atoms with Crippen molar-refractivity contribution in [3.05, 3.63) is 18.1 Å². The highest BCUT2D eigenvalue weighted by atomic mass is 16.1. The molecular formula is C13H20N6O.